The van der Waals surface area contributed by atoms with Crippen LogP contribution in [0.3, 0.4) is 0 Å². The van der Waals surface area contributed by atoms with Crippen molar-refractivity contribution in [3.05, 3.63) is 0 Å². The Balaban J connectivity index is 1.86. The van der Waals surface area contributed by atoms with Crippen LogP contribution in [0.2, 0.25) is 0 Å². The fourth-order valence-corrected chi connectivity index (χ4v) is 1.77. The Labute approximate surface area is 95.6 Å². The number of nitrogen functional groups attached to an aromatic ring is 1. The van der Waals surface area contributed by atoms with Crippen LogP contribution in [0.25, 0.3) is 0 Å². The van der Waals surface area contributed by atoms with E-state index < -0.39 is 12.7 Å². The summed E-state index contributed by atoms with van der Waals surface area (Å²) in [5.41, 5.74) is 5.38. The van der Waals surface area contributed by atoms with Crippen molar-refractivity contribution in [2.24, 2.45) is 0 Å². The molecule has 1 aliphatic rings. The molecule has 1 aliphatic heterocycles. The minimum absolute atomic E-state index is 0.206. The molecule has 0 aliphatic carbocycles. The van der Waals surface area contributed by atoms with Crippen molar-refractivity contribution in [3.8, 4) is 0 Å². The van der Waals surface area contributed by atoms with Gasteiger partial charge in [-0.1, -0.05) is 0 Å². The number of rotatable bonds is 2. The van der Waals surface area contributed by atoms with E-state index in [2.05, 4.69) is 15.2 Å². The van der Waals surface area contributed by atoms with Crippen molar-refractivity contribution in [1.29, 1.82) is 0 Å². The summed E-state index contributed by atoms with van der Waals surface area (Å²) in [5.74, 6) is 0.645. The van der Waals surface area contributed by atoms with E-state index in [4.69, 9.17) is 5.73 Å². The average molecular weight is 250 g/mol. The zero-order valence-electron chi connectivity index (χ0n) is 9.04. The number of aromatic amines is 1. The molecule has 96 valence electrons. The Morgan fingerprint density at radius 2 is 1.88 bits per heavy atom. The summed E-state index contributed by atoms with van der Waals surface area (Å²) in [7, 11) is 0. The van der Waals surface area contributed by atoms with E-state index in [-0.39, 0.29) is 5.95 Å². The predicted octanol–water partition coefficient (Wildman–Crippen LogP) is 0.0712. The van der Waals surface area contributed by atoms with Gasteiger partial charge in [0.15, 0.2) is 0 Å². The van der Waals surface area contributed by atoms with Crippen molar-refractivity contribution >= 4 is 11.9 Å². The summed E-state index contributed by atoms with van der Waals surface area (Å²) < 4.78 is 36.5. The van der Waals surface area contributed by atoms with E-state index >= 15 is 0 Å². The highest BCUT2D eigenvalue weighted by molar-refractivity contribution is 5.34. The van der Waals surface area contributed by atoms with Gasteiger partial charge in [-0.25, -0.2) is 5.10 Å². The molecular formula is C8H13F3N6. The van der Waals surface area contributed by atoms with Crippen LogP contribution in [0.15, 0.2) is 0 Å². The fourth-order valence-electron chi connectivity index (χ4n) is 1.77. The fraction of sp³-hybridized carbons (Fsp3) is 0.750. The Bertz CT molecular complexity index is 368. The molecular weight excluding hydrogens is 237 g/mol. The standard InChI is InChI=1S/C8H13F3N6/c9-8(10,11)5-16-1-3-17(4-2-16)7-13-6(12)14-15-7/h1-5H2,(H3,12,13,14,15). The van der Waals surface area contributed by atoms with Crippen molar-refractivity contribution < 1.29 is 13.2 Å². The molecule has 0 bridgehead atoms. The van der Waals surface area contributed by atoms with Crippen LogP contribution in [0, 0.1) is 0 Å². The van der Waals surface area contributed by atoms with Crippen LogP contribution in [0.1, 0.15) is 0 Å². The highest BCUT2D eigenvalue weighted by Gasteiger charge is 2.32. The maximum absolute atomic E-state index is 12.2. The van der Waals surface area contributed by atoms with Crippen molar-refractivity contribution in [3.63, 3.8) is 0 Å². The van der Waals surface area contributed by atoms with E-state index in [1.54, 1.807) is 4.90 Å². The Morgan fingerprint density at radius 3 is 2.35 bits per heavy atom. The minimum Gasteiger partial charge on any atom is -0.368 e. The van der Waals surface area contributed by atoms with E-state index in [0.717, 1.165) is 0 Å². The topological polar surface area (TPSA) is 74.1 Å². The van der Waals surface area contributed by atoms with E-state index in [1.165, 1.54) is 4.90 Å². The number of nitrogens with two attached hydrogens (primary N) is 1. The molecule has 3 N–H and O–H groups in total. The molecule has 1 aromatic rings. The molecule has 1 aromatic heterocycles. The van der Waals surface area contributed by atoms with Gasteiger partial charge in [-0.2, -0.15) is 18.2 Å². The number of hydrogen-bond donors (Lipinski definition) is 2. The Hall–Kier alpha value is -1.51. The lowest BCUT2D eigenvalue weighted by Crippen LogP contribution is -2.49. The molecule has 1 saturated heterocycles. The summed E-state index contributed by atoms with van der Waals surface area (Å²) in [6.45, 7) is 0.750. The number of hydrogen-bond acceptors (Lipinski definition) is 5. The third-order valence-electron chi connectivity index (χ3n) is 2.55. The Morgan fingerprint density at radius 1 is 1.24 bits per heavy atom. The lowest BCUT2D eigenvalue weighted by Gasteiger charge is -2.34. The molecule has 6 nitrogen and oxygen atoms in total. The van der Waals surface area contributed by atoms with Crippen LogP contribution >= 0.6 is 0 Å². The summed E-state index contributed by atoms with van der Waals surface area (Å²) in [6.07, 6.45) is -4.14. The second-order valence-corrected chi connectivity index (χ2v) is 3.90. The van der Waals surface area contributed by atoms with Gasteiger partial charge in [0.25, 0.3) is 0 Å². The number of alkyl halides is 3. The molecule has 0 saturated carbocycles. The number of aromatic nitrogens is 3. The van der Waals surface area contributed by atoms with Gasteiger partial charge in [0, 0.05) is 26.2 Å². The molecule has 2 heterocycles. The average Bonchev–Trinajstić information content (AvgIpc) is 2.63. The maximum atomic E-state index is 12.2. The number of piperazine rings is 1. The van der Waals surface area contributed by atoms with Gasteiger partial charge in [0.05, 0.1) is 6.54 Å². The molecule has 17 heavy (non-hydrogen) atoms. The van der Waals surface area contributed by atoms with Gasteiger partial charge in [-0.15, -0.1) is 5.10 Å². The molecule has 9 heteroatoms. The van der Waals surface area contributed by atoms with Gasteiger partial charge >= 0.3 is 6.18 Å². The van der Waals surface area contributed by atoms with Crippen LogP contribution in [-0.4, -0.2) is 59.0 Å². The molecule has 1 fully saturated rings. The van der Waals surface area contributed by atoms with Crippen molar-refractivity contribution in [2.75, 3.05) is 43.4 Å². The zero-order valence-corrected chi connectivity index (χ0v) is 9.04. The second kappa shape index (κ2) is 4.40. The second-order valence-electron chi connectivity index (χ2n) is 3.90. The first-order chi connectivity index (χ1) is 7.94. The minimum atomic E-state index is -4.14. The molecule has 0 unspecified atom stereocenters. The van der Waals surface area contributed by atoms with E-state index in [0.29, 0.717) is 32.1 Å². The quantitative estimate of drug-likeness (QED) is 0.777. The van der Waals surface area contributed by atoms with Gasteiger partial charge in [0.1, 0.15) is 0 Å². The normalized spacial score (nSPS) is 18.6. The highest BCUT2D eigenvalue weighted by atomic mass is 19.4. The smallest absolute Gasteiger partial charge is 0.368 e. The Kier molecular flexibility index (Phi) is 3.09. The summed E-state index contributed by atoms with van der Waals surface area (Å²) in [4.78, 5) is 7.10. The van der Waals surface area contributed by atoms with Crippen LogP contribution < -0.4 is 10.6 Å². The van der Waals surface area contributed by atoms with Crippen LogP contribution in [0.4, 0.5) is 25.1 Å². The van der Waals surface area contributed by atoms with Gasteiger partial charge < -0.3 is 10.6 Å². The van der Waals surface area contributed by atoms with Crippen LogP contribution in [-0.2, 0) is 0 Å². The van der Waals surface area contributed by atoms with E-state index in [1.807, 2.05) is 0 Å². The van der Waals surface area contributed by atoms with Gasteiger partial charge in [-0.3, -0.25) is 4.90 Å². The zero-order chi connectivity index (χ0) is 12.5. The maximum Gasteiger partial charge on any atom is 0.401 e. The first-order valence-corrected chi connectivity index (χ1v) is 5.16. The first kappa shape index (κ1) is 12.0. The summed E-state index contributed by atoms with van der Waals surface area (Å²) in [6, 6.07) is 0. The van der Waals surface area contributed by atoms with Gasteiger partial charge in [-0.05, 0) is 0 Å². The molecule has 0 spiro atoms. The molecule has 0 amide bonds. The summed E-state index contributed by atoms with van der Waals surface area (Å²) in [5, 5.41) is 6.36. The SMILES string of the molecule is Nc1nc(N2CCN(CC(F)(F)F)CC2)n[nH]1. The van der Waals surface area contributed by atoms with Crippen molar-refractivity contribution in [1.82, 2.24) is 20.1 Å². The largest absolute Gasteiger partial charge is 0.401 e. The number of halogens is 3. The molecule has 0 radical (unpaired) electrons. The molecule has 2 rings (SSSR count). The first-order valence-electron chi connectivity index (χ1n) is 5.16. The lowest BCUT2D eigenvalue weighted by molar-refractivity contribution is -0.146. The highest BCUT2D eigenvalue weighted by Crippen LogP contribution is 2.18. The lowest BCUT2D eigenvalue weighted by atomic mass is 10.3. The number of nitrogens with zero attached hydrogens (tertiary/aromatic N) is 4. The number of anilines is 2. The number of nitrogens with one attached hydrogen (secondary N) is 1. The summed E-state index contributed by atoms with van der Waals surface area (Å²) >= 11 is 0. The van der Waals surface area contributed by atoms with Crippen LogP contribution in [0.5, 0.6) is 0 Å². The molecule has 0 aromatic carbocycles. The third kappa shape index (κ3) is 3.22. The number of H-pyrrole nitrogens is 1. The van der Waals surface area contributed by atoms with Gasteiger partial charge in [0.2, 0.25) is 11.9 Å². The predicted molar refractivity (Wildman–Crippen MR) is 55.5 cm³/mol. The van der Waals surface area contributed by atoms with E-state index in [9.17, 15) is 13.2 Å². The third-order valence-corrected chi connectivity index (χ3v) is 2.55. The molecule has 0 atom stereocenters. The monoisotopic (exact) mass is 250 g/mol. The van der Waals surface area contributed by atoms with Crippen molar-refractivity contribution in [2.45, 2.75) is 6.18 Å².